The summed E-state index contributed by atoms with van der Waals surface area (Å²) >= 11 is 0. The molecular formula is C14H22N2O4S. The van der Waals surface area contributed by atoms with E-state index in [1.54, 1.807) is 0 Å². The van der Waals surface area contributed by atoms with Crippen LogP contribution in [0.3, 0.4) is 0 Å². The molecule has 0 spiro atoms. The SMILES string of the molecule is CCC[C@H](C)N(C)S(=O)(=O)c1ccc(OC)c(C(N)=O)c1. The Bertz CT molecular complexity index is 613. The largest absolute Gasteiger partial charge is 0.496 e. The summed E-state index contributed by atoms with van der Waals surface area (Å²) in [7, 11) is -0.746. The van der Waals surface area contributed by atoms with Gasteiger partial charge in [0.1, 0.15) is 5.75 Å². The molecule has 2 N–H and O–H groups in total. The number of rotatable bonds is 7. The highest BCUT2D eigenvalue weighted by Gasteiger charge is 2.26. The Morgan fingerprint density at radius 1 is 1.43 bits per heavy atom. The summed E-state index contributed by atoms with van der Waals surface area (Å²) in [6.07, 6.45) is 1.64. The number of primary amides is 1. The highest BCUT2D eigenvalue weighted by molar-refractivity contribution is 7.89. The molecule has 1 aromatic rings. The lowest BCUT2D eigenvalue weighted by atomic mass is 10.2. The minimum atomic E-state index is -3.67. The third-order valence-electron chi connectivity index (χ3n) is 3.44. The molecule has 7 heteroatoms. The van der Waals surface area contributed by atoms with Crippen LogP contribution in [0.4, 0.5) is 0 Å². The van der Waals surface area contributed by atoms with Crippen molar-refractivity contribution in [2.45, 2.75) is 37.6 Å². The summed E-state index contributed by atoms with van der Waals surface area (Å²) in [6.45, 7) is 3.84. The van der Waals surface area contributed by atoms with Gasteiger partial charge in [-0.1, -0.05) is 13.3 Å². The first kappa shape index (κ1) is 17.5. The van der Waals surface area contributed by atoms with Crippen molar-refractivity contribution in [3.8, 4) is 5.75 Å². The maximum Gasteiger partial charge on any atom is 0.252 e. The van der Waals surface area contributed by atoms with E-state index in [-0.39, 0.29) is 22.3 Å². The second-order valence-corrected chi connectivity index (χ2v) is 6.88. The van der Waals surface area contributed by atoms with E-state index >= 15 is 0 Å². The minimum absolute atomic E-state index is 0.0301. The van der Waals surface area contributed by atoms with Crippen LogP contribution >= 0.6 is 0 Å². The van der Waals surface area contributed by atoms with Gasteiger partial charge in [0, 0.05) is 13.1 Å². The van der Waals surface area contributed by atoms with Crippen molar-refractivity contribution < 1.29 is 17.9 Å². The Kier molecular flexibility index (Phi) is 5.74. The van der Waals surface area contributed by atoms with Crippen molar-refractivity contribution in [1.82, 2.24) is 4.31 Å². The molecule has 21 heavy (non-hydrogen) atoms. The molecule has 0 aromatic heterocycles. The molecule has 6 nitrogen and oxygen atoms in total. The topological polar surface area (TPSA) is 89.7 Å². The number of methoxy groups -OCH3 is 1. The summed E-state index contributed by atoms with van der Waals surface area (Å²) in [4.78, 5) is 11.4. The standard InChI is InChI=1S/C14H22N2O4S/c1-5-6-10(2)16(3)21(18,19)11-7-8-13(20-4)12(9-11)14(15)17/h7-10H,5-6H2,1-4H3,(H2,15,17)/t10-/m0/s1. The monoisotopic (exact) mass is 314 g/mol. The first-order chi connectivity index (χ1) is 9.75. The molecule has 0 unspecified atom stereocenters. The number of carbonyl (C=O) groups is 1. The summed E-state index contributed by atoms with van der Waals surface area (Å²) in [6, 6.07) is 3.98. The van der Waals surface area contributed by atoms with E-state index in [0.29, 0.717) is 0 Å². The predicted octanol–water partition coefficient (Wildman–Crippen LogP) is 1.60. The zero-order valence-electron chi connectivity index (χ0n) is 12.8. The number of nitrogens with zero attached hydrogens (tertiary/aromatic N) is 1. The van der Waals surface area contributed by atoms with E-state index in [2.05, 4.69) is 0 Å². The third-order valence-corrected chi connectivity index (χ3v) is 5.41. The lowest BCUT2D eigenvalue weighted by Crippen LogP contribution is -2.35. The van der Waals surface area contributed by atoms with Crippen LogP contribution in [0.2, 0.25) is 0 Å². The van der Waals surface area contributed by atoms with E-state index < -0.39 is 15.9 Å². The third kappa shape index (κ3) is 3.74. The Labute approximate surface area is 125 Å². The fourth-order valence-corrected chi connectivity index (χ4v) is 3.46. The number of nitrogens with two attached hydrogens (primary N) is 1. The highest BCUT2D eigenvalue weighted by Crippen LogP contribution is 2.25. The van der Waals surface area contributed by atoms with E-state index in [0.717, 1.165) is 12.8 Å². The van der Waals surface area contributed by atoms with Crippen molar-refractivity contribution in [2.75, 3.05) is 14.2 Å². The first-order valence-electron chi connectivity index (χ1n) is 6.71. The normalized spacial score (nSPS) is 13.2. The van der Waals surface area contributed by atoms with Crippen LogP contribution in [0, 0.1) is 0 Å². The van der Waals surface area contributed by atoms with E-state index in [4.69, 9.17) is 10.5 Å². The Morgan fingerprint density at radius 3 is 2.52 bits per heavy atom. The van der Waals surface area contributed by atoms with E-state index in [1.807, 2.05) is 13.8 Å². The molecule has 1 aromatic carbocycles. The second kappa shape index (κ2) is 6.91. The molecule has 0 saturated heterocycles. The molecule has 0 bridgehead atoms. The Hall–Kier alpha value is -1.60. The highest BCUT2D eigenvalue weighted by atomic mass is 32.2. The smallest absolute Gasteiger partial charge is 0.252 e. The van der Waals surface area contributed by atoms with Crippen LogP contribution < -0.4 is 10.5 Å². The number of carbonyl (C=O) groups excluding carboxylic acids is 1. The lowest BCUT2D eigenvalue weighted by Gasteiger charge is -2.24. The Balaban J connectivity index is 3.26. The first-order valence-corrected chi connectivity index (χ1v) is 8.15. The molecule has 0 radical (unpaired) electrons. The zero-order valence-corrected chi connectivity index (χ0v) is 13.6. The van der Waals surface area contributed by atoms with Gasteiger partial charge in [0.15, 0.2) is 0 Å². The molecule has 1 atom stereocenters. The quantitative estimate of drug-likeness (QED) is 0.828. The fraction of sp³-hybridized carbons (Fsp3) is 0.500. The molecule has 0 fully saturated rings. The van der Waals surface area contributed by atoms with Crippen LogP contribution in [-0.4, -0.2) is 38.8 Å². The minimum Gasteiger partial charge on any atom is -0.496 e. The average molecular weight is 314 g/mol. The summed E-state index contributed by atoms with van der Waals surface area (Å²) in [5, 5.41) is 0. The summed E-state index contributed by atoms with van der Waals surface area (Å²) in [5.74, 6) is -0.473. The fourth-order valence-electron chi connectivity index (χ4n) is 2.04. The second-order valence-electron chi connectivity index (χ2n) is 4.89. The van der Waals surface area contributed by atoms with Crippen LogP contribution in [0.5, 0.6) is 5.75 Å². The zero-order chi connectivity index (χ0) is 16.2. The van der Waals surface area contributed by atoms with Gasteiger partial charge in [-0.25, -0.2) is 8.42 Å². The van der Waals surface area contributed by atoms with Crippen molar-refractivity contribution in [3.05, 3.63) is 23.8 Å². The molecule has 0 saturated carbocycles. The van der Waals surface area contributed by atoms with Gasteiger partial charge in [0.05, 0.1) is 17.6 Å². The number of sulfonamides is 1. The summed E-state index contributed by atoms with van der Waals surface area (Å²) in [5.41, 5.74) is 5.31. The average Bonchev–Trinajstić information content (AvgIpc) is 2.45. The maximum absolute atomic E-state index is 12.6. The molecule has 0 aliphatic heterocycles. The van der Waals surface area contributed by atoms with Crippen LogP contribution in [0.1, 0.15) is 37.0 Å². The molecule has 1 amide bonds. The number of ether oxygens (including phenoxy) is 1. The van der Waals surface area contributed by atoms with Crippen LogP contribution in [-0.2, 0) is 10.0 Å². The summed E-state index contributed by atoms with van der Waals surface area (Å²) < 4.78 is 31.4. The van der Waals surface area contributed by atoms with Crippen molar-refractivity contribution in [1.29, 1.82) is 0 Å². The van der Waals surface area contributed by atoms with Crippen LogP contribution in [0.15, 0.2) is 23.1 Å². The Morgan fingerprint density at radius 2 is 2.05 bits per heavy atom. The molecular weight excluding hydrogens is 292 g/mol. The number of hydrogen-bond acceptors (Lipinski definition) is 4. The van der Waals surface area contributed by atoms with Gasteiger partial charge >= 0.3 is 0 Å². The van der Waals surface area contributed by atoms with Crippen LogP contribution in [0.25, 0.3) is 0 Å². The van der Waals surface area contributed by atoms with E-state index in [9.17, 15) is 13.2 Å². The van der Waals surface area contributed by atoms with Crippen molar-refractivity contribution in [2.24, 2.45) is 5.73 Å². The maximum atomic E-state index is 12.6. The molecule has 0 heterocycles. The molecule has 0 aliphatic carbocycles. The van der Waals surface area contributed by atoms with Gasteiger partial charge in [0.25, 0.3) is 5.91 Å². The van der Waals surface area contributed by atoms with Gasteiger partial charge in [-0.2, -0.15) is 4.31 Å². The van der Waals surface area contributed by atoms with Crippen molar-refractivity contribution in [3.63, 3.8) is 0 Å². The molecule has 118 valence electrons. The molecule has 1 rings (SSSR count). The number of benzene rings is 1. The van der Waals surface area contributed by atoms with Gasteiger partial charge < -0.3 is 10.5 Å². The van der Waals surface area contributed by atoms with Gasteiger partial charge in [0.2, 0.25) is 10.0 Å². The van der Waals surface area contributed by atoms with Gasteiger partial charge in [-0.15, -0.1) is 0 Å². The lowest BCUT2D eigenvalue weighted by molar-refractivity contribution is 0.0997. The van der Waals surface area contributed by atoms with Crippen molar-refractivity contribution >= 4 is 15.9 Å². The predicted molar refractivity (Wildman–Crippen MR) is 80.8 cm³/mol. The van der Waals surface area contributed by atoms with Gasteiger partial charge in [-0.3, -0.25) is 4.79 Å². The number of hydrogen-bond donors (Lipinski definition) is 1. The number of amides is 1. The van der Waals surface area contributed by atoms with E-state index in [1.165, 1.54) is 36.7 Å². The van der Waals surface area contributed by atoms with Gasteiger partial charge in [-0.05, 0) is 31.5 Å². The molecule has 0 aliphatic rings.